The van der Waals surface area contributed by atoms with Gasteiger partial charge in [0.15, 0.2) is 0 Å². The first-order valence-corrected chi connectivity index (χ1v) is 8.86. The normalized spacial score (nSPS) is 10.8. The molecule has 24 heavy (non-hydrogen) atoms. The average Bonchev–Trinajstić information content (AvgIpc) is 2.58. The highest BCUT2D eigenvalue weighted by atomic mass is 15.1. The third-order valence-electron chi connectivity index (χ3n) is 4.35. The Hall–Kier alpha value is -2.36. The van der Waals surface area contributed by atoms with Gasteiger partial charge in [-0.05, 0) is 48.2 Å². The summed E-state index contributed by atoms with van der Waals surface area (Å²) < 4.78 is 0. The van der Waals surface area contributed by atoms with Gasteiger partial charge in [-0.15, -0.1) is 0 Å². The average molecular weight is 326 g/mol. The van der Waals surface area contributed by atoms with Gasteiger partial charge in [-0.3, -0.25) is 0 Å². The number of nitrogen functional groups attached to an aromatic ring is 3. The van der Waals surface area contributed by atoms with Crippen LogP contribution in [0.5, 0.6) is 0 Å². The molecule has 0 radical (unpaired) electrons. The van der Waals surface area contributed by atoms with E-state index in [2.05, 4.69) is 30.9 Å². The van der Waals surface area contributed by atoms with E-state index in [-0.39, 0.29) is 0 Å². The third kappa shape index (κ3) is 4.34. The zero-order valence-electron chi connectivity index (χ0n) is 14.9. The number of hydrogen-bond acceptors (Lipinski definition) is 4. The molecule has 0 aliphatic carbocycles. The van der Waals surface area contributed by atoms with E-state index in [1.165, 1.54) is 25.7 Å². The summed E-state index contributed by atoms with van der Waals surface area (Å²) in [5, 5.41) is 0. The van der Waals surface area contributed by atoms with Crippen LogP contribution in [0.15, 0.2) is 36.4 Å². The predicted molar refractivity (Wildman–Crippen MR) is 107 cm³/mol. The SMILES string of the molecule is CCCCN(CCCC)c1ccc(-c2ccc(N)c(N)c2)cc1N. The third-order valence-corrected chi connectivity index (χ3v) is 4.35. The molecule has 0 aliphatic rings. The number of rotatable bonds is 8. The van der Waals surface area contributed by atoms with Crippen LogP contribution in [-0.2, 0) is 0 Å². The van der Waals surface area contributed by atoms with E-state index >= 15 is 0 Å². The fraction of sp³-hybridized carbons (Fsp3) is 0.400. The molecule has 6 N–H and O–H groups in total. The maximum absolute atomic E-state index is 6.37. The smallest absolute Gasteiger partial charge is 0.0600 e. The lowest BCUT2D eigenvalue weighted by molar-refractivity contribution is 0.678. The lowest BCUT2D eigenvalue weighted by Gasteiger charge is -2.26. The number of nitrogens with two attached hydrogens (primary N) is 3. The summed E-state index contributed by atoms with van der Waals surface area (Å²) in [7, 11) is 0. The van der Waals surface area contributed by atoms with Crippen LogP contribution < -0.4 is 22.1 Å². The highest BCUT2D eigenvalue weighted by Gasteiger charge is 2.11. The lowest BCUT2D eigenvalue weighted by Crippen LogP contribution is -2.26. The van der Waals surface area contributed by atoms with Crippen LogP contribution in [0.1, 0.15) is 39.5 Å². The maximum Gasteiger partial charge on any atom is 0.0600 e. The number of nitrogens with zero attached hydrogens (tertiary/aromatic N) is 1. The number of hydrogen-bond donors (Lipinski definition) is 3. The molecular formula is C20H30N4. The molecule has 0 bridgehead atoms. The highest BCUT2D eigenvalue weighted by Crippen LogP contribution is 2.31. The molecule has 0 atom stereocenters. The number of benzene rings is 2. The molecule has 2 rings (SSSR count). The quantitative estimate of drug-likeness (QED) is 0.624. The van der Waals surface area contributed by atoms with E-state index in [0.29, 0.717) is 11.4 Å². The second-order valence-corrected chi connectivity index (χ2v) is 6.31. The van der Waals surface area contributed by atoms with Crippen molar-refractivity contribution < 1.29 is 0 Å². The van der Waals surface area contributed by atoms with Gasteiger partial charge >= 0.3 is 0 Å². The minimum absolute atomic E-state index is 0.600. The van der Waals surface area contributed by atoms with Crippen LogP contribution in [0.3, 0.4) is 0 Å². The first-order valence-electron chi connectivity index (χ1n) is 8.86. The molecule has 0 amide bonds. The molecule has 0 fully saturated rings. The monoisotopic (exact) mass is 326 g/mol. The summed E-state index contributed by atoms with van der Waals surface area (Å²) in [6.45, 7) is 6.54. The standard InChI is InChI=1S/C20H30N4/c1-3-5-11-24(12-6-4-2)20-10-8-16(14-19(20)23)15-7-9-17(21)18(22)13-15/h7-10,13-14H,3-6,11-12,21-23H2,1-2H3. The molecular weight excluding hydrogens is 296 g/mol. The lowest BCUT2D eigenvalue weighted by atomic mass is 10.0. The van der Waals surface area contributed by atoms with Crippen molar-refractivity contribution in [1.29, 1.82) is 0 Å². The van der Waals surface area contributed by atoms with E-state index < -0.39 is 0 Å². The molecule has 4 heteroatoms. The molecule has 2 aromatic rings. The van der Waals surface area contributed by atoms with Gasteiger partial charge in [0.1, 0.15) is 0 Å². The van der Waals surface area contributed by atoms with Gasteiger partial charge < -0.3 is 22.1 Å². The van der Waals surface area contributed by atoms with Gasteiger partial charge in [0.25, 0.3) is 0 Å². The van der Waals surface area contributed by atoms with Crippen LogP contribution >= 0.6 is 0 Å². The van der Waals surface area contributed by atoms with Crippen molar-refractivity contribution in [3.63, 3.8) is 0 Å². The van der Waals surface area contributed by atoms with E-state index in [4.69, 9.17) is 17.2 Å². The summed E-state index contributed by atoms with van der Waals surface area (Å²) >= 11 is 0. The second-order valence-electron chi connectivity index (χ2n) is 6.31. The van der Waals surface area contributed by atoms with Crippen molar-refractivity contribution in [2.45, 2.75) is 39.5 Å². The van der Waals surface area contributed by atoms with Crippen LogP contribution in [0.2, 0.25) is 0 Å². The van der Waals surface area contributed by atoms with Crippen molar-refractivity contribution in [3.05, 3.63) is 36.4 Å². The van der Waals surface area contributed by atoms with Crippen LogP contribution in [-0.4, -0.2) is 13.1 Å². The zero-order valence-corrected chi connectivity index (χ0v) is 14.9. The van der Waals surface area contributed by atoms with Crippen molar-refractivity contribution in [1.82, 2.24) is 0 Å². The second kappa shape index (κ2) is 8.48. The Morgan fingerprint density at radius 2 is 1.25 bits per heavy atom. The van der Waals surface area contributed by atoms with Crippen LogP contribution in [0, 0.1) is 0 Å². The number of unbranched alkanes of at least 4 members (excludes halogenated alkanes) is 2. The fourth-order valence-corrected chi connectivity index (χ4v) is 2.83. The Balaban J connectivity index is 2.27. The molecule has 0 heterocycles. The van der Waals surface area contributed by atoms with Crippen molar-refractivity contribution in [2.75, 3.05) is 35.2 Å². The van der Waals surface area contributed by atoms with Crippen LogP contribution in [0.25, 0.3) is 11.1 Å². The predicted octanol–water partition coefficient (Wildman–Crippen LogP) is 4.51. The Morgan fingerprint density at radius 1 is 0.708 bits per heavy atom. The molecule has 4 nitrogen and oxygen atoms in total. The van der Waals surface area contributed by atoms with Gasteiger partial charge in [-0.25, -0.2) is 0 Å². The van der Waals surface area contributed by atoms with Gasteiger partial charge in [-0.1, -0.05) is 38.8 Å². The Labute approximate surface area is 145 Å². The number of anilines is 4. The summed E-state index contributed by atoms with van der Waals surface area (Å²) in [6, 6.07) is 12.0. The van der Waals surface area contributed by atoms with Crippen molar-refractivity contribution >= 4 is 22.7 Å². The molecule has 0 spiro atoms. The molecule has 0 saturated heterocycles. The summed E-state index contributed by atoms with van der Waals surface area (Å²) in [5.74, 6) is 0. The minimum atomic E-state index is 0.600. The summed E-state index contributed by atoms with van der Waals surface area (Å²) in [4.78, 5) is 2.41. The fourth-order valence-electron chi connectivity index (χ4n) is 2.83. The van der Waals surface area contributed by atoms with Crippen molar-refractivity contribution in [3.8, 4) is 11.1 Å². The van der Waals surface area contributed by atoms with Gasteiger partial charge in [-0.2, -0.15) is 0 Å². The Morgan fingerprint density at radius 3 is 1.75 bits per heavy atom. The largest absolute Gasteiger partial charge is 0.397 e. The van der Waals surface area contributed by atoms with Gasteiger partial charge in [0.2, 0.25) is 0 Å². The molecule has 0 saturated carbocycles. The van der Waals surface area contributed by atoms with Crippen molar-refractivity contribution in [2.24, 2.45) is 0 Å². The van der Waals surface area contributed by atoms with E-state index in [1.54, 1.807) is 0 Å². The summed E-state index contributed by atoms with van der Waals surface area (Å²) in [5.41, 5.74) is 23.3. The molecule has 0 aromatic heterocycles. The first-order chi connectivity index (χ1) is 11.6. The zero-order chi connectivity index (χ0) is 17.5. The minimum Gasteiger partial charge on any atom is -0.397 e. The van der Waals surface area contributed by atoms with Gasteiger partial charge in [0.05, 0.1) is 22.7 Å². The molecule has 130 valence electrons. The van der Waals surface area contributed by atoms with Crippen LogP contribution in [0.4, 0.5) is 22.7 Å². The molecule has 0 aliphatic heterocycles. The summed E-state index contributed by atoms with van der Waals surface area (Å²) in [6.07, 6.45) is 4.73. The molecule has 0 unspecified atom stereocenters. The van der Waals surface area contributed by atoms with Gasteiger partial charge in [0, 0.05) is 13.1 Å². The van der Waals surface area contributed by atoms with E-state index in [0.717, 1.165) is 35.6 Å². The Kier molecular flexibility index (Phi) is 6.36. The topological polar surface area (TPSA) is 81.3 Å². The van der Waals surface area contributed by atoms with E-state index in [9.17, 15) is 0 Å². The molecule has 2 aromatic carbocycles. The maximum atomic E-state index is 6.37. The van der Waals surface area contributed by atoms with E-state index in [1.807, 2.05) is 24.3 Å². The highest BCUT2D eigenvalue weighted by molar-refractivity contribution is 5.80. The first kappa shape index (κ1) is 18.0. The Bertz CT molecular complexity index is 659.